The van der Waals surface area contributed by atoms with Crippen molar-refractivity contribution in [1.82, 2.24) is 0 Å². The molecule has 1 aliphatic heterocycles. The number of hydrogen-bond donors (Lipinski definition) is 0. The van der Waals surface area contributed by atoms with Crippen LogP contribution >= 0.6 is 0 Å². The molecular formula is C10H7O4-. The van der Waals surface area contributed by atoms with Crippen LogP contribution in [0.3, 0.4) is 0 Å². The minimum Gasteiger partial charge on any atom is -0.546 e. The van der Waals surface area contributed by atoms with E-state index in [-0.39, 0.29) is 6.42 Å². The van der Waals surface area contributed by atoms with Gasteiger partial charge in [-0.15, -0.1) is 0 Å². The van der Waals surface area contributed by atoms with Crippen LogP contribution in [0.4, 0.5) is 0 Å². The van der Waals surface area contributed by atoms with Crippen molar-refractivity contribution in [2.24, 2.45) is 0 Å². The van der Waals surface area contributed by atoms with E-state index >= 15 is 0 Å². The SMILES string of the molecule is O=C1O[C@@H](C(=O)[O-])Cc2ccccc21. The zero-order valence-corrected chi connectivity index (χ0v) is 7.23. The second-order valence-electron chi connectivity index (χ2n) is 3.07. The summed E-state index contributed by atoms with van der Waals surface area (Å²) in [6.45, 7) is 0. The minimum absolute atomic E-state index is 0.185. The summed E-state index contributed by atoms with van der Waals surface area (Å²) in [5.41, 5.74) is 1.13. The average Bonchev–Trinajstić information content (AvgIpc) is 2.17. The van der Waals surface area contributed by atoms with E-state index in [4.69, 9.17) is 0 Å². The molecule has 0 N–H and O–H groups in total. The van der Waals surface area contributed by atoms with Gasteiger partial charge in [-0.25, -0.2) is 4.79 Å². The highest BCUT2D eigenvalue weighted by Gasteiger charge is 2.26. The van der Waals surface area contributed by atoms with E-state index in [1.165, 1.54) is 0 Å². The third kappa shape index (κ3) is 1.35. The van der Waals surface area contributed by atoms with Crippen molar-refractivity contribution in [3.8, 4) is 0 Å². The molecular weight excluding hydrogens is 184 g/mol. The van der Waals surface area contributed by atoms with Crippen LogP contribution in [0, 0.1) is 0 Å². The van der Waals surface area contributed by atoms with E-state index in [0.717, 1.165) is 0 Å². The van der Waals surface area contributed by atoms with Crippen molar-refractivity contribution < 1.29 is 19.4 Å². The Labute approximate surface area is 80.1 Å². The van der Waals surface area contributed by atoms with E-state index in [9.17, 15) is 14.7 Å². The molecule has 0 saturated carbocycles. The Balaban J connectivity index is 2.38. The molecule has 0 aliphatic carbocycles. The van der Waals surface area contributed by atoms with Gasteiger partial charge in [-0.2, -0.15) is 0 Å². The number of benzene rings is 1. The van der Waals surface area contributed by atoms with Crippen LogP contribution in [0.25, 0.3) is 0 Å². The summed E-state index contributed by atoms with van der Waals surface area (Å²) in [5.74, 6) is -1.95. The first-order valence-corrected chi connectivity index (χ1v) is 4.18. The number of hydrogen-bond acceptors (Lipinski definition) is 4. The van der Waals surface area contributed by atoms with E-state index in [0.29, 0.717) is 11.1 Å². The van der Waals surface area contributed by atoms with E-state index < -0.39 is 18.0 Å². The van der Waals surface area contributed by atoms with E-state index in [1.54, 1.807) is 24.3 Å². The Kier molecular flexibility index (Phi) is 1.96. The molecule has 1 heterocycles. The quantitative estimate of drug-likeness (QED) is 0.562. The molecule has 0 amide bonds. The first kappa shape index (κ1) is 8.74. The monoisotopic (exact) mass is 191 g/mol. The first-order valence-electron chi connectivity index (χ1n) is 4.18. The fourth-order valence-corrected chi connectivity index (χ4v) is 1.46. The Bertz CT molecular complexity index is 397. The third-order valence-electron chi connectivity index (χ3n) is 2.15. The van der Waals surface area contributed by atoms with Gasteiger partial charge in [0.2, 0.25) is 0 Å². The summed E-state index contributed by atoms with van der Waals surface area (Å²) in [6.07, 6.45) is -0.970. The van der Waals surface area contributed by atoms with Gasteiger partial charge in [0.05, 0.1) is 11.5 Å². The maximum absolute atomic E-state index is 11.3. The van der Waals surface area contributed by atoms with Gasteiger partial charge < -0.3 is 14.6 Å². The number of rotatable bonds is 1. The number of esters is 1. The summed E-state index contributed by atoms with van der Waals surface area (Å²) < 4.78 is 4.67. The summed E-state index contributed by atoms with van der Waals surface area (Å²) in [5, 5.41) is 10.5. The lowest BCUT2D eigenvalue weighted by Crippen LogP contribution is -2.42. The number of cyclic esters (lactones) is 1. The smallest absolute Gasteiger partial charge is 0.339 e. The van der Waals surface area contributed by atoms with Crippen LogP contribution in [0.1, 0.15) is 15.9 Å². The van der Waals surface area contributed by atoms with Crippen molar-refractivity contribution in [1.29, 1.82) is 0 Å². The highest BCUT2D eigenvalue weighted by Crippen LogP contribution is 2.19. The van der Waals surface area contributed by atoms with Crippen molar-refractivity contribution in [2.75, 3.05) is 0 Å². The summed E-state index contributed by atoms with van der Waals surface area (Å²) in [4.78, 5) is 21.8. The van der Waals surface area contributed by atoms with Gasteiger partial charge in [-0.3, -0.25) is 0 Å². The molecule has 0 saturated heterocycles. The largest absolute Gasteiger partial charge is 0.546 e. The zero-order valence-electron chi connectivity index (χ0n) is 7.23. The Morgan fingerprint density at radius 3 is 2.86 bits per heavy atom. The second kappa shape index (κ2) is 3.14. The third-order valence-corrected chi connectivity index (χ3v) is 2.15. The maximum Gasteiger partial charge on any atom is 0.339 e. The van der Waals surface area contributed by atoms with Gasteiger partial charge in [0.1, 0.15) is 6.10 Å². The standard InChI is InChI=1S/C10H8O4/c11-9(12)8-5-6-3-1-2-4-7(6)10(13)14-8/h1-4,8H,5H2,(H,11,12)/p-1/t8-/m1/s1. The first-order chi connectivity index (χ1) is 6.68. The topological polar surface area (TPSA) is 66.4 Å². The lowest BCUT2D eigenvalue weighted by atomic mass is 9.99. The molecule has 4 nitrogen and oxygen atoms in total. The van der Waals surface area contributed by atoms with Crippen molar-refractivity contribution in [2.45, 2.75) is 12.5 Å². The van der Waals surface area contributed by atoms with Crippen LogP contribution < -0.4 is 5.11 Å². The van der Waals surface area contributed by atoms with E-state index in [1.807, 2.05) is 0 Å². The number of carboxylic acid groups (broad SMARTS) is 1. The van der Waals surface area contributed by atoms with Gasteiger partial charge in [0.15, 0.2) is 0 Å². The highest BCUT2D eigenvalue weighted by molar-refractivity contribution is 5.94. The normalized spacial score (nSPS) is 19.7. The molecule has 0 bridgehead atoms. The number of aliphatic carboxylic acids is 1. The number of carboxylic acids is 1. The molecule has 0 aromatic heterocycles. The summed E-state index contributed by atoms with van der Waals surface area (Å²) in [6, 6.07) is 6.79. The highest BCUT2D eigenvalue weighted by atomic mass is 16.6. The summed E-state index contributed by atoms with van der Waals surface area (Å²) in [7, 11) is 0. The molecule has 0 spiro atoms. The number of ether oxygens (including phenoxy) is 1. The minimum atomic E-state index is -1.35. The molecule has 0 radical (unpaired) electrons. The lowest BCUT2D eigenvalue weighted by Gasteiger charge is -2.24. The van der Waals surface area contributed by atoms with Crippen LogP contribution in [0.15, 0.2) is 24.3 Å². The number of fused-ring (bicyclic) bond motifs is 1. The van der Waals surface area contributed by atoms with Crippen LogP contribution in [-0.4, -0.2) is 18.0 Å². The Morgan fingerprint density at radius 2 is 2.14 bits per heavy atom. The molecule has 2 rings (SSSR count). The van der Waals surface area contributed by atoms with E-state index in [2.05, 4.69) is 4.74 Å². The van der Waals surface area contributed by atoms with Crippen molar-refractivity contribution in [3.63, 3.8) is 0 Å². The fourth-order valence-electron chi connectivity index (χ4n) is 1.46. The Morgan fingerprint density at radius 1 is 1.43 bits per heavy atom. The summed E-state index contributed by atoms with van der Waals surface area (Å²) >= 11 is 0. The molecule has 0 fully saturated rings. The van der Waals surface area contributed by atoms with Gasteiger partial charge in [-0.1, -0.05) is 18.2 Å². The maximum atomic E-state index is 11.3. The van der Waals surface area contributed by atoms with Crippen molar-refractivity contribution >= 4 is 11.9 Å². The lowest BCUT2D eigenvalue weighted by molar-refractivity contribution is -0.314. The van der Waals surface area contributed by atoms with Crippen LogP contribution in [-0.2, 0) is 16.0 Å². The molecule has 1 aliphatic rings. The molecule has 1 aromatic rings. The van der Waals surface area contributed by atoms with Crippen molar-refractivity contribution in [3.05, 3.63) is 35.4 Å². The molecule has 0 unspecified atom stereocenters. The molecule has 72 valence electrons. The van der Waals surface area contributed by atoms with Gasteiger partial charge in [0.25, 0.3) is 0 Å². The average molecular weight is 191 g/mol. The molecule has 4 heteroatoms. The Hall–Kier alpha value is -1.84. The molecule has 1 atom stereocenters. The number of carbonyl (C=O) groups excluding carboxylic acids is 2. The predicted octanol–water partition coefficient (Wildman–Crippen LogP) is -0.482. The molecule has 1 aromatic carbocycles. The molecule has 14 heavy (non-hydrogen) atoms. The van der Waals surface area contributed by atoms with Crippen LogP contribution in [0.5, 0.6) is 0 Å². The number of carbonyl (C=O) groups is 2. The zero-order chi connectivity index (χ0) is 10.1. The fraction of sp³-hybridized carbons (Fsp3) is 0.200. The van der Waals surface area contributed by atoms with Gasteiger partial charge in [0, 0.05) is 6.42 Å². The predicted molar refractivity (Wildman–Crippen MR) is 44.4 cm³/mol. The van der Waals surface area contributed by atoms with Crippen LogP contribution in [0.2, 0.25) is 0 Å². The van der Waals surface area contributed by atoms with Gasteiger partial charge in [-0.05, 0) is 11.6 Å². The second-order valence-corrected chi connectivity index (χ2v) is 3.07. The van der Waals surface area contributed by atoms with Gasteiger partial charge >= 0.3 is 5.97 Å².